The van der Waals surface area contributed by atoms with Gasteiger partial charge in [-0.2, -0.15) is 5.26 Å². The molecule has 1 aliphatic heterocycles. The maximum Gasteiger partial charge on any atom is 0.257 e. The van der Waals surface area contributed by atoms with Crippen LogP contribution in [0.15, 0.2) is 40.9 Å². The van der Waals surface area contributed by atoms with Crippen LogP contribution in [0.1, 0.15) is 44.5 Å². The molecule has 6 nitrogen and oxygen atoms in total. The molecule has 28 heavy (non-hydrogen) atoms. The van der Waals surface area contributed by atoms with Crippen LogP contribution in [0.4, 0.5) is 0 Å². The Morgan fingerprint density at radius 2 is 2.00 bits per heavy atom. The first-order valence-corrected chi connectivity index (χ1v) is 8.98. The lowest BCUT2D eigenvalue weighted by atomic mass is 10.1. The van der Waals surface area contributed by atoms with Crippen molar-refractivity contribution in [2.45, 2.75) is 26.9 Å². The smallest absolute Gasteiger partial charge is 0.257 e. The van der Waals surface area contributed by atoms with Crippen LogP contribution in [-0.4, -0.2) is 26.9 Å². The van der Waals surface area contributed by atoms with Crippen LogP contribution in [-0.2, 0) is 13.1 Å². The minimum absolute atomic E-state index is 0.0375. The number of imidazole rings is 1. The van der Waals surface area contributed by atoms with Crippen LogP contribution in [0, 0.1) is 37.0 Å². The van der Waals surface area contributed by atoms with Gasteiger partial charge in [0.1, 0.15) is 23.0 Å². The van der Waals surface area contributed by atoms with Crippen LogP contribution in [0.25, 0.3) is 0 Å². The number of amides is 1. The molecule has 0 N–H and O–H groups in total. The van der Waals surface area contributed by atoms with Gasteiger partial charge in [0.15, 0.2) is 0 Å². The van der Waals surface area contributed by atoms with E-state index in [0.29, 0.717) is 36.5 Å². The maximum absolute atomic E-state index is 12.8. The van der Waals surface area contributed by atoms with Crippen LogP contribution >= 0.6 is 0 Å². The lowest BCUT2D eigenvalue weighted by Crippen LogP contribution is -2.38. The second-order valence-electron chi connectivity index (χ2n) is 6.71. The quantitative estimate of drug-likeness (QED) is 0.617. The van der Waals surface area contributed by atoms with E-state index in [0.717, 1.165) is 22.8 Å². The van der Waals surface area contributed by atoms with Crippen molar-refractivity contribution in [3.05, 3.63) is 76.3 Å². The monoisotopic (exact) mass is 370 g/mol. The first kappa shape index (κ1) is 17.6. The largest absolute Gasteiger partial charge is 0.466 e. The number of benzene rings is 1. The predicted octanol–water partition coefficient (Wildman–Crippen LogP) is 3.02. The van der Waals surface area contributed by atoms with Gasteiger partial charge in [0.2, 0.25) is 0 Å². The molecule has 0 saturated heterocycles. The number of nitrogens with zero attached hydrogens (tertiary/aromatic N) is 4. The molecule has 0 bridgehead atoms. The van der Waals surface area contributed by atoms with E-state index in [1.54, 1.807) is 36.2 Å². The van der Waals surface area contributed by atoms with Gasteiger partial charge in [-0.3, -0.25) is 4.79 Å². The fourth-order valence-corrected chi connectivity index (χ4v) is 3.35. The Hall–Kier alpha value is -3.77. The first-order chi connectivity index (χ1) is 13.5. The number of carbonyl (C=O) groups is 1. The summed E-state index contributed by atoms with van der Waals surface area (Å²) >= 11 is 0. The number of hydrogen-bond acceptors (Lipinski definition) is 4. The Morgan fingerprint density at radius 3 is 2.75 bits per heavy atom. The van der Waals surface area contributed by atoms with Crippen molar-refractivity contribution in [3.8, 4) is 17.9 Å². The molecular weight excluding hydrogens is 352 g/mol. The lowest BCUT2D eigenvalue weighted by Gasteiger charge is -2.28. The number of fused-ring (bicyclic) bond motifs is 1. The summed E-state index contributed by atoms with van der Waals surface area (Å²) in [6.07, 6.45) is 1.73. The van der Waals surface area contributed by atoms with E-state index >= 15 is 0 Å². The summed E-state index contributed by atoms with van der Waals surface area (Å²) in [5, 5.41) is 8.99. The zero-order chi connectivity index (χ0) is 19.7. The third kappa shape index (κ3) is 3.28. The first-order valence-electron chi connectivity index (χ1n) is 8.98. The second-order valence-corrected chi connectivity index (χ2v) is 6.71. The van der Waals surface area contributed by atoms with Gasteiger partial charge in [-0.15, -0.1) is 0 Å². The summed E-state index contributed by atoms with van der Waals surface area (Å²) in [6, 6.07) is 11.1. The predicted molar refractivity (Wildman–Crippen MR) is 102 cm³/mol. The maximum atomic E-state index is 12.8. The zero-order valence-corrected chi connectivity index (χ0v) is 15.7. The molecule has 1 amide bonds. The standard InChI is InChI=1S/C22H18N4O2/c1-15-10-20(16(2)28-15)22(27)25-8-9-26-19(13-24-21(26)14-25)7-6-17-4-3-5-18(11-17)12-23/h3-5,10-11,13H,8-9,14H2,1-2H3. The minimum atomic E-state index is -0.0375. The summed E-state index contributed by atoms with van der Waals surface area (Å²) in [5.41, 5.74) is 2.78. The molecule has 4 rings (SSSR count). The molecule has 0 spiro atoms. The average Bonchev–Trinajstić information content (AvgIpc) is 3.27. The van der Waals surface area contributed by atoms with Crippen LogP contribution in [0.2, 0.25) is 0 Å². The lowest BCUT2D eigenvalue weighted by molar-refractivity contribution is 0.0705. The molecule has 3 heterocycles. The molecular formula is C22H18N4O2. The van der Waals surface area contributed by atoms with Gasteiger partial charge in [-0.05, 0) is 44.0 Å². The van der Waals surface area contributed by atoms with E-state index in [1.165, 1.54) is 0 Å². The highest BCUT2D eigenvalue weighted by Crippen LogP contribution is 2.20. The molecule has 6 heteroatoms. The summed E-state index contributed by atoms with van der Waals surface area (Å²) in [5.74, 6) is 8.37. The van der Waals surface area contributed by atoms with Crippen LogP contribution in [0.5, 0.6) is 0 Å². The molecule has 1 aromatic carbocycles. The van der Waals surface area contributed by atoms with Gasteiger partial charge in [0, 0.05) is 18.7 Å². The zero-order valence-electron chi connectivity index (χ0n) is 15.7. The molecule has 2 aromatic heterocycles. The highest BCUT2D eigenvalue weighted by molar-refractivity contribution is 5.95. The van der Waals surface area contributed by atoms with Crippen molar-refractivity contribution in [3.63, 3.8) is 0 Å². The number of rotatable bonds is 1. The summed E-state index contributed by atoms with van der Waals surface area (Å²) in [6.45, 7) is 5.31. The number of aromatic nitrogens is 2. The number of aryl methyl sites for hydroxylation is 2. The van der Waals surface area contributed by atoms with Crippen molar-refractivity contribution < 1.29 is 9.21 Å². The molecule has 0 saturated carbocycles. The highest BCUT2D eigenvalue weighted by Gasteiger charge is 2.26. The van der Waals surface area contributed by atoms with Gasteiger partial charge < -0.3 is 13.9 Å². The SMILES string of the molecule is Cc1cc(C(=O)N2CCn3c(C#Cc4cccc(C#N)c4)cnc3C2)c(C)o1. The highest BCUT2D eigenvalue weighted by atomic mass is 16.3. The minimum Gasteiger partial charge on any atom is -0.466 e. The summed E-state index contributed by atoms with van der Waals surface area (Å²) < 4.78 is 7.52. The Labute approximate surface area is 163 Å². The number of carbonyl (C=O) groups excluding carboxylic acids is 1. The van der Waals surface area contributed by atoms with Crippen molar-refractivity contribution in [2.75, 3.05) is 6.54 Å². The summed E-state index contributed by atoms with van der Waals surface area (Å²) in [4.78, 5) is 19.0. The van der Waals surface area contributed by atoms with Crippen LogP contribution in [0.3, 0.4) is 0 Å². The number of hydrogen-bond donors (Lipinski definition) is 0. The molecule has 3 aromatic rings. The summed E-state index contributed by atoms with van der Waals surface area (Å²) in [7, 11) is 0. The van der Waals surface area contributed by atoms with Gasteiger partial charge in [0.05, 0.1) is 29.9 Å². The fraction of sp³-hybridized carbons (Fsp3) is 0.227. The van der Waals surface area contributed by atoms with Crippen molar-refractivity contribution in [1.82, 2.24) is 14.5 Å². The number of furan rings is 1. The fourth-order valence-electron chi connectivity index (χ4n) is 3.35. The van der Waals surface area contributed by atoms with Crippen molar-refractivity contribution in [2.24, 2.45) is 0 Å². The Bertz CT molecular complexity index is 1170. The molecule has 0 aliphatic carbocycles. The van der Waals surface area contributed by atoms with Gasteiger partial charge in [-0.1, -0.05) is 12.0 Å². The van der Waals surface area contributed by atoms with Gasteiger partial charge >= 0.3 is 0 Å². The van der Waals surface area contributed by atoms with E-state index in [4.69, 9.17) is 9.68 Å². The number of nitriles is 1. The van der Waals surface area contributed by atoms with Crippen LogP contribution < -0.4 is 0 Å². The average molecular weight is 370 g/mol. The third-order valence-electron chi connectivity index (χ3n) is 4.75. The molecule has 0 radical (unpaired) electrons. The second kappa shape index (κ2) is 7.09. The van der Waals surface area contributed by atoms with Crippen molar-refractivity contribution in [1.29, 1.82) is 5.26 Å². The van der Waals surface area contributed by atoms with E-state index in [9.17, 15) is 4.79 Å². The van der Waals surface area contributed by atoms with E-state index in [2.05, 4.69) is 22.9 Å². The van der Waals surface area contributed by atoms with Gasteiger partial charge in [-0.25, -0.2) is 4.98 Å². The molecule has 1 aliphatic rings. The normalized spacial score (nSPS) is 12.7. The van der Waals surface area contributed by atoms with Crippen molar-refractivity contribution >= 4 is 5.91 Å². The molecule has 0 atom stereocenters. The third-order valence-corrected chi connectivity index (χ3v) is 4.75. The topological polar surface area (TPSA) is 75.1 Å². The van der Waals surface area contributed by atoms with E-state index in [-0.39, 0.29) is 5.91 Å². The molecule has 138 valence electrons. The van der Waals surface area contributed by atoms with E-state index in [1.807, 2.05) is 23.6 Å². The Morgan fingerprint density at radius 1 is 1.18 bits per heavy atom. The Balaban J connectivity index is 1.54. The Kier molecular flexibility index (Phi) is 4.47. The van der Waals surface area contributed by atoms with E-state index < -0.39 is 0 Å². The molecule has 0 unspecified atom stereocenters. The molecule has 0 fully saturated rings. The van der Waals surface area contributed by atoms with Gasteiger partial charge in [0.25, 0.3) is 5.91 Å².